The van der Waals surface area contributed by atoms with Gasteiger partial charge in [0.2, 0.25) is 0 Å². The Labute approximate surface area is 111 Å². The van der Waals surface area contributed by atoms with E-state index < -0.39 is 0 Å². The van der Waals surface area contributed by atoms with Gasteiger partial charge in [0.1, 0.15) is 0 Å². The lowest BCUT2D eigenvalue weighted by molar-refractivity contribution is 0.0668. The second-order valence-corrected chi connectivity index (χ2v) is 4.41. The Kier molecular flexibility index (Phi) is 3.56. The zero-order valence-corrected chi connectivity index (χ0v) is 11.0. The van der Waals surface area contributed by atoms with Crippen LogP contribution in [0, 0.1) is 0 Å². The number of imide groups is 1. The van der Waals surface area contributed by atoms with Crippen LogP contribution in [-0.4, -0.2) is 27.7 Å². The summed E-state index contributed by atoms with van der Waals surface area (Å²) in [6.45, 7) is 0.0196. The van der Waals surface area contributed by atoms with E-state index in [2.05, 4.69) is 0 Å². The van der Waals surface area contributed by atoms with Crippen molar-refractivity contribution in [1.82, 2.24) is 4.90 Å². The molecule has 88 valence electrons. The van der Waals surface area contributed by atoms with Gasteiger partial charge in [-0.05, 0) is 17.7 Å². The van der Waals surface area contributed by atoms with Crippen LogP contribution in [0.1, 0.15) is 20.7 Å². The molecule has 0 radical (unpaired) electrons. The van der Waals surface area contributed by atoms with Gasteiger partial charge in [0.15, 0.2) is 0 Å². The minimum Gasteiger partial charge on any atom is -0.270 e. The summed E-state index contributed by atoms with van der Waals surface area (Å²) in [5.41, 5.74) is 1.20. The van der Waals surface area contributed by atoms with Gasteiger partial charge in [-0.3, -0.25) is 14.5 Å². The molecule has 0 bridgehead atoms. The molecule has 5 heteroatoms. The van der Waals surface area contributed by atoms with E-state index in [1.54, 1.807) is 24.3 Å². The summed E-state index contributed by atoms with van der Waals surface area (Å²) in [5, 5.41) is 0. The second-order valence-electron chi connectivity index (χ2n) is 3.64. The fourth-order valence-corrected chi connectivity index (χ4v) is 2.10. The van der Waals surface area contributed by atoms with Crippen LogP contribution < -0.4 is 0 Å². The highest BCUT2D eigenvalue weighted by Gasteiger charge is 2.35. The number of hydrogen-bond acceptors (Lipinski definition) is 2. The predicted molar refractivity (Wildman–Crippen MR) is 69.9 cm³/mol. The summed E-state index contributed by atoms with van der Waals surface area (Å²) >= 11 is 1.99. The highest BCUT2D eigenvalue weighted by molar-refractivity contribution is 14.1. The van der Waals surface area contributed by atoms with Crippen molar-refractivity contribution >= 4 is 34.4 Å². The van der Waals surface area contributed by atoms with Gasteiger partial charge in [-0.1, -0.05) is 34.7 Å². The molecule has 2 amide bonds. The van der Waals surface area contributed by atoms with Crippen LogP contribution in [0.5, 0.6) is 0 Å². The first-order chi connectivity index (χ1) is 8.19. The molecule has 1 aromatic carbocycles. The lowest BCUT2D eigenvalue weighted by Gasteiger charge is -2.14. The first kappa shape index (κ1) is 12.2. The van der Waals surface area contributed by atoms with Crippen molar-refractivity contribution in [1.29, 1.82) is 0 Å². The summed E-state index contributed by atoms with van der Waals surface area (Å²) in [4.78, 5) is 24.9. The zero-order valence-electron chi connectivity index (χ0n) is 8.82. The Hall–Kier alpha value is -1.24. The molecule has 0 saturated heterocycles. The van der Waals surface area contributed by atoms with E-state index in [9.17, 15) is 14.0 Å². The predicted octanol–water partition coefficient (Wildman–Crippen LogP) is 2.57. The van der Waals surface area contributed by atoms with Crippen molar-refractivity contribution in [2.75, 3.05) is 11.0 Å². The van der Waals surface area contributed by atoms with Crippen LogP contribution in [-0.2, 0) is 0 Å². The Morgan fingerprint density at radius 3 is 2.18 bits per heavy atom. The quantitative estimate of drug-likeness (QED) is 0.480. The second kappa shape index (κ2) is 4.95. The van der Waals surface area contributed by atoms with Gasteiger partial charge in [-0.15, -0.1) is 0 Å². The number of alkyl halides is 1. The van der Waals surface area contributed by atoms with Crippen LogP contribution in [0.2, 0.25) is 0 Å². The van der Waals surface area contributed by atoms with Crippen molar-refractivity contribution in [3.63, 3.8) is 0 Å². The number of carbonyl (C=O) groups excluding carboxylic acids is 2. The standard InChI is InChI=1S/C12H9FINO2/c13-5-8(6-14)7-15-11(16)9-3-1-2-4-10(9)12(15)17/h1-5H,6-7H2/b8-5-. The number of rotatable bonds is 3. The van der Waals surface area contributed by atoms with Crippen LogP contribution in [0.15, 0.2) is 36.2 Å². The highest BCUT2D eigenvalue weighted by atomic mass is 127. The summed E-state index contributed by atoms with van der Waals surface area (Å²) in [5.74, 6) is -0.704. The Morgan fingerprint density at radius 2 is 1.76 bits per heavy atom. The Balaban J connectivity index is 2.30. The summed E-state index contributed by atoms with van der Waals surface area (Å²) in [6.07, 6.45) is 0.454. The molecule has 0 fully saturated rings. The third-order valence-electron chi connectivity index (χ3n) is 2.57. The maximum Gasteiger partial charge on any atom is 0.261 e. The molecule has 1 heterocycles. The van der Waals surface area contributed by atoms with Gasteiger partial charge in [0.25, 0.3) is 11.8 Å². The van der Waals surface area contributed by atoms with E-state index >= 15 is 0 Å². The average molecular weight is 345 g/mol. The normalized spacial score (nSPS) is 15.4. The number of nitrogens with zero attached hydrogens (tertiary/aromatic N) is 1. The van der Waals surface area contributed by atoms with Crippen molar-refractivity contribution in [2.45, 2.75) is 0 Å². The third kappa shape index (κ3) is 2.11. The Bertz CT molecular complexity index is 478. The largest absolute Gasteiger partial charge is 0.270 e. The minimum absolute atomic E-state index is 0.0196. The van der Waals surface area contributed by atoms with Gasteiger partial charge < -0.3 is 0 Å². The van der Waals surface area contributed by atoms with Crippen LogP contribution in [0.3, 0.4) is 0 Å². The average Bonchev–Trinajstić information content (AvgIpc) is 2.61. The molecule has 0 aromatic heterocycles. The lowest BCUT2D eigenvalue weighted by Crippen LogP contribution is -2.31. The molecular formula is C12H9FINO2. The molecular weight excluding hydrogens is 336 g/mol. The van der Waals surface area contributed by atoms with Crippen molar-refractivity contribution in [2.24, 2.45) is 0 Å². The molecule has 1 aliphatic rings. The number of amides is 2. The van der Waals surface area contributed by atoms with E-state index in [0.29, 0.717) is 27.5 Å². The van der Waals surface area contributed by atoms with Crippen molar-refractivity contribution in [3.8, 4) is 0 Å². The first-order valence-electron chi connectivity index (χ1n) is 4.98. The zero-order chi connectivity index (χ0) is 12.4. The van der Waals surface area contributed by atoms with Gasteiger partial charge in [-0.2, -0.15) is 0 Å². The van der Waals surface area contributed by atoms with E-state index in [4.69, 9.17) is 0 Å². The SMILES string of the molecule is O=C1c2ccccc2C(=O)N1C/C(=C\F)CI. The lowest BCUT2D eigenvalue weighted by atomic mass is 10.1. The maximum atomic E-state index is 12.5. The number of halogens is 2. The Morgan fingerprint density at radius 1 is 1.24 bits per heavy atom. The van der Waals surface area contributed by atoms with E-state index in [0.717, 1.165) is 4.90 Å². The molecule has 0 spiro atoms. The maximum absolute atomic E-state index is 12.5. The molecule has 1 aliphatic heterocycles. The van der Waals surface area contributed by atoms with Crippen LogP contribution in [0.25, 0.3) is 0 Å². The van der Waals surface area contributed by atoms with Crippen molar-refractivity contribution < 1.29 is 14.0 Å². The third-order valence-corrected chi connectivity index (χ3v) is 3.55. The monoisotopic (exact) mass is 345 g/mol. The number of hydrogen-bond donors (Lipinski definition) is 0. The summed E-state index contributed by atoms with van der Waals surface area (Å²) < 4.78 is 12.9. The van der Waals surface area contributed by atoms with E-state index in [1.807, 2.05) is 22.6 Å². The molecule has 3 nitrogen and oxygen atoms in total. The van der Waals surface area contributed by atoms with E-state index in [1.165, 1.54) is 0 Å². The van der Waals surface area contributed by atoms with Gasteiger partial charge >= 0.3 is 0 Å². The number of fused-ring (bicyclic) bond motifs is 1. The van der Waals surface area contributed by atoms with E-state index in [-0.39, 0.29) is 18.4 Å². The van der Waals surface area contributed by atoms with Gasteiger partial charge in [0, 0.05) is 4.43 Å². The van der Waals surface area contributed by atoms with Crippen LogP contribution >= 0.6 is 22.6 Å². The van der Waals surface area contributed by atoms with Crippen LogP contribution in [0.4, 0.5) is 4.39 Å². The molecule has 0 saturated carbocycles. The van der Waals surface area contributed by atoms with Gasteiger partial charge in [0.05, 0.1) is 24.0 Å². The highest BCUT2D eigenvalue weighted by Crippen LogP contribution is 2.23. The molecule has 0 N–H and O–H groups in total. The fourth-order valence-electron chi connectivity index (χ4n) is 1.69. The molecule has 2 rings (SSSR count). The minimum atomic E-state index is -0.352. The topological polar surface area (TPSA) is 37.4 Å². The molecule has 0 aliphatic carbocycles. The summed E-state index contributed by atoms with van der Waals surface area (Å²) in [6, 6.07) is 6.63. The van der Waals surface area contributed by atoms with Gasteiger partial charge in [-0.25, -0.2) is 4.39 Å². The number of carbonyl (C=O) groups is 2. The number of benzene rings is 1. The molecule has 0 unspecified atom stereocenters. The molecule has 0 atom stereocenters. The smallest absolute Gasteiger partial charge is 0.261 e. The summed E-state index contributed by atoms with van der Waals surface area (Å²) in [7, 11) is 0. The first-order valence-corrected chi connectivity index (χ1v) is 6.51. The molecule has 17 heavy (non-hydrogen) atoms. The molecule has 1 aromatic rings. The van der Waals surface area contributed by atoms with Crippen molar-refractivity contribution in [3.05, 3.63) is 47.3 Å². The fraction of sp³-hybridized carbons (Fsp3) is 0.167.